The Morgan fingerprint density at radius 3 is 2.24 bits per heavy atom. The third kappa shape index (κ3) is 3.86. The summed E-state index contributed by atoms with van der Waals surface area (Å²) in [4.78, 5) is 28.4. The van der Waals surface area contributed by atoms with Crippen LogP contribution in [0, 0.1) is 0 Å². The molecule has 0 aliphatic rings. The maximum Gasteiger partial charge on any atom is 0.397 e. The van der Waals surface area contributed by atoms with Crippen LogP contribution in [0.4, 0.5) is 5.69 Å². The molecule has 1 amide bonds. The molecule has 0 atom stereocenters. The average molecular weight is 236 g/mol. The highest BCUT2D eigenvalue weighted by Gasteiger charge is 2.26. The zero-order valence-corrected chi connectivity index (χ0v) is 10.4. The summed E-state index contributed by atoms with van der Waals surface area (Å²) in [6.07, 6.45) is 3.10. The van der Waals surface area contributed by atoms with Crippen molar-refractivity contribution in [3.63, 3.8) is 0 Å². The molecule has 1 aromatic heterocycles. The molecule has 0 saturated carbocycles. The molecular formula is C12H16N2O3. The summed E-state index contributed by atoms with van der Waals surface area (Å²) in [5.74, 6) is -1.57. The number of amides is 1. The Bertz CT molecular complexity index is 410. The van der Waals surface area contributed by atoms with E-state index in [9.17, 15) is 9.59 Å². The zero-order chi connectivity index (χ0) is 13.1. The molecule has 0 aliphatic heterocycles. The van der Waals surface area contributed by atoms with Gasteiger partial charge in [-0.05, 0) is 32.9 Å². The highest BCUT2D eigenvalue weighted by molar-refractivity contribution is 6.38. The number of esters is 1. The van der Waals surface area contributed by atoms with Gasteiger partial charge < -0.3 is 9.64 Å². The molecule has 0 aliphatic carbocycles. The lowest BCUT2D eigenvalue weighted by Crippen LogP contribution is -2.38. The Hall–Kier alpha value is -1.91. The largest absolute Gasteiger partial charge is 0.453 e. The van der Waals surface area contributed by atoms with Crippen LogP contribution in [0.15, 0.2) is 24.5 Å². The van der Waals surface area contributed by atoms with Gasteiger partial charge in [0.05, 0.1) is 0 Å². The highest BCUT2D eigenvalue weighted by Crippen LogP contribution is 2.12. The van der Waals surface area contributed by atoms with Crippen LogP contribution in [-0.4, -0.2) is 29.5 Å². The van der Waals surface area contributed by atoms with Gasteiger partial charge >= 0.3 is 11.9 Å². The normalized spacial score (nSPS) is 10.8. The van der Waals surface area contributed by atoms with Crippen molar-refractivity contribution in [2.45, 2.75) is 26.4 Å². The lowest BCUT2D eigenvalue weighted by atomic mass is 10.2. The average Bonchev–Trinajstić information content (AvgIpc) is 2.26. The number of aromatic nitrogens is 1. The van der Waals surface area contributed by atoms with Gasteiger partial charge in [0, 0.05) is 25.1 Å². The van der Waals surface area contributed by atoms with E-state index in [0.717, 1.165) is 0 Å². The maximum atomic E-state index is 11.8. The molecule has 0 fully saturated rings. The summed E-state index contributed by atoms with van der Waals surface area (Å²) in [6, 6.07) is 3.28. The number of anilines is 1. The number of rotatable bonds is 1. The number of likely N-dealkylation sites (N-methyl/N-ethyl adjacent to an activating group) is 1. The van der Waals surface area contributed by atoms with Crippen molar-refractivity contribution in [1.29, 1.82) is 0 Å². The van der Waals surface area contributed by atoms with Gasteiger partial charge in [0.1, 0.15) is 5.60 Å². The molecule has 5 nitrogen and oxygen atoms in total. The lowest BCUT2D eigenvalue weighted by Gasteiger charge is -2.21. The molecule has 17 heavy (non-hydrogen) atoms. The smallest absolute Gasteiger partial charge is 0.397 e. The molecule has 0 aromatic carbocycles. The molecule has 0 unspecified atom stereocenters. The SMILES string of the molecule is CN(C(=O)C(=O)OC(C)(C)C)c1ccncc1. The van der Waals surface area contributed by atoms with Gasteiger partial charge in [-0.25, -0.2) is 4.79 Å². The van der Waals surface area contributed by atoms with Crippen LogP contribution in [-0.2, 0) is 14.3 Å². The third-order valence-corrected chi connectivity index (χ3v) is 1.93. The van der Waals surface area contributed by atoms with Crippen LogP contribution < -0.4 is 4.90 Å². The number of carbonyl (C=O) groups is 2. The first-order chi connectivity index (χ1) is 7.81. The molecule has 0 bridgehead atoms. The molecule has 1 heterocycles. The van der Waals surface area contributed by atoms with Crippen LogP contribution in [0.1, 0.15) is 20.8 Å². The predicted molar refractivity (Wildman–Crippen MR) is 63.5 cm³/mol. The monoisotopic (exact) mass is 236 g/mol. The van der Waals surface area contributed by atoms with Crippen molar-refractivity contribution in [3.05, 3.63) is 24.5 Å². The van der Waals surface area contributed by atoms with Gasteiger partial charge in [0.25, 0.3) is 0 Å². The molecule has 0 spiro atoms. The van der Waals surface area contributed by atoms with Crippen LogP contribution in [0.3, 0.4) is 0 Å². The predicted octanol–water partition coefficient (Wildman–Crippen LogP) is 1.39. The molecule has 92 valence electrons. The van der Waals surface area contributed by atoms with E-state index in [4.69, 9.17) is 4.74 Å². The highest BCUT2D eigenvalue weighted by atomic mass is 16.6. The molecule has 0 N–H and O–H groups in total. The van der Waals surface area contributed by atoms with Crippen LogP contribution >= 0.6 is 0 Å². The van der Waals surface area contributed by atoms with Crippen molar-refractivity contribution in [2.75, 3.05) is 11.9 Å². The molecule has 1 rings (SSSR count). The van der Waals surface area contributed by atoms with E-state index in [0.29, 0.717) is 5.69 Å². The second kappa shape index (κ2) is 4.95. The van der Waals surface area contributed by atoms with Gasteiger partial charge in [-0.2, -0.15) is 0 Å². The first-order valence-electron chi connectivity index (χ1n) is 5.22. The molecule has 0 saturated heterocycles. The minimum Gasteiger partial charge on any atom is -0.453 e. The van der Waals surface area contributed by atoms with Crippen molar-refractivity contribution < 1.29 is 14.3 Å². The summed E-state index contributed by atoms with van der Waals surface area (Å²) in [7, 11) is 1.52. The fraction of sp³-hybridized carbons (Fsp3) is 0.417. The minimum atomic E-state index is -0.864. The van der Waals surface area contributed by atoms with E-state index in [-0.39, 0.29) is 0 Å². The van der Waals surface area contributed by atoms with Crippen molar-refractivity contribution in [1.82, 2.24) is 4.98 Å². The topological polar surface area (TPSA) is 59.5 Å². The van der Waals surface area contributed by atoms with Gasteiger partial charge in [-0.3, -0.25) is 9.78 Å². The summed E-state index contributed by atoms with van der Waals surface area (Å²) >= 11 is 0. The Morgan fingerprint density at radius 2 is 1.76 bits per heavy atom. The second-order valence-corrected chi connectivity index (χ2v) is 4.57. The van der Waals surface area contributed by atoms with Crippen molar-refractivity contribution >= 4 is 17.6 Å². The van der Waals surface area contributed by atoms with E-state index in [1.165, 1.54) is 11.9 Å². The van der Waals surface area contributed by atoms with Crippen LogP contribution in [0.5, 0.6) is 0 Å². The van der Waals surface area contributed by atoms with E-state index >= 15 is 0 Å². The quantitative estimate of drug-likeness (QED) is 0.546. The van der Waals surface area contributed by atoms with Crippen molar-refractivity contribution in [2.24, 2.45) is 0 Å². The number of ether oxygens (including phenoxy) is 1. The number of hydrogen-bond donors (Lipinski definition) is 0. The van der Waals surface area contributed by atoms with Crippen LogP contribution in [0.2, 0.25) is 0 Å². The van der Waals surface area contributed by atoms with Gasteiger partial charge in [-0.15, -0.1) is 0 Å². The number of nitrogens with zero attached hydrogens (tertiary/aromatic N) is 2. The van der Waals surface area contributed by atoms with E-state index in [2.05, 4.69) is 4.98 Å². The molecule has 5 heteroatoms. The van der Waals surface area contributed by atoms with Gasteiger partial charge in [-0.1, -0.05) is 0 Å². The van der Waals surface area contributed by atoms with Gasteiger partial charge in [0.15, 0.2) is 0 Å². The Labute approximate surface area is 100 Å². The second-order valence-electron chi connectivity index (χ2n) is 4.57. The fourth-order valence-electron chi connectivity index (χ4n) is 1.14. The van der Waals surface area contributed by atoms with E-state index < -0.39 is 17.5 Å². The van der Waals surface area contributed by atoms with E-state index in [1.807, 2.05) is 0 Å². The van der Waals surface area contributed by atoms with Crippen molar-refractivity contribution in [3.8, 4) is 0 Å². The number of hydrogen-bond acceptors (Lipinski definition) is 4. The first kappa shape index (κ1) is 13.2. The fourth-order valence-corrected chi connectivity index (χ4v) is 1.14. The lowest BCUT2D eigenvalue weighted by molar-refractivity contribution is -0.162. The summed E-state index contributed by atoms with van der Waals surface area (Å²) in [6.45, 7) is 5.14. The van der Waals surface area contributed by atoms with Gasteiger partial charge in [0.2, 0.25) is 0 Å². The maximum absolute atomic E-state index is 11.8. The Balaban J connectivity index is 2.74. The number of carbonyl (C=O) groups excluding carboxylic acids is 2. The van der Waals surface area contributed by atoms with Crippen LogP contribution in [0.25, 0.3) is 0 Å². The Kier molecular flexibility index (Phi) is 3.83. The number of pyridine rings is 1. The minimum absolute atomic E-state index is 0.593. The molecule has 1 aromatic rings. The Morgan fingerprint density at radius 1 is 1.24 bits per heavy atom. The molecule has 0 radical (unpaired) electrons. The zero-order valence-electron chi connectivity index (χ0n) is 10.4. The third-order valence-electron chi connectivity index (χ3n) is 1.93. The molecular weight excluding hydrogens is 220 g/mol. The summed E-state index contributed by atoms with van der Waals surface area (Å²) in [5.41, 5.74) is -0.0814. The van der Waals surface area contributed by atoms with E-state index in [1.54, 1.807) is 45.3 Å². The standard InChI is InChI=1S/C12H16N2O3/c1-12(2,3)17-11(16)10(15)14(4)9-5-7-13-8-6-9/h5-8H,1-4H3. The first-order valence-corrected chi connectivity index (χ1v) is 5.22. The summed E-state index contributed by atoms with van der Waals surface area (Å²) < 4.78 is 5.00. The summed E-state index contributed by atoms with van der Waals surface area (Å²) in [5, 5.41) is 0.